The van der Waals surface area contributed by atoms with Crippen LogP contribution >= 0.6 is 0 Å². The van der Waals surface area contributed by atoms with E-state index in [1.54, 1.807) is 0 Å². The van der Waals surface area contributed by atoms with Gasteiger partial charge in [-0.05, 0) is 57.2 Å². The van der Waals surface area contributed by atoms with Crippen molar-refractivity contribution in [2.24, 2.45) is 5.92 Å². The highest BCUT2D eigenvalue weighted by atomic mass is 15.2. The standard InChI is InChI=1S/C18H27N3/c1-5-10-20-18(12-19,16-7-8-16)13-21(4)17-9-6-14(2)11-15(17)3/h6,9,11,16,20H,5,7-8,10,13H2,1-4H3. The first-order chi connectivity index (χ1) is 10.0. The molecule has 0 radical (unpaired) electrons. The maximum Gasteiger partial charge on any atom is 0.127 e. The quantitative estimate of drug-likeness (QED) is 0.834. The molecular weight excluding hydrogens is 258 g/mol. The molecule has 1 aromatic carbocycles. The first-order valence-electron chi connectivity index (χ1n) is 7.97. The minimum atomic E-state index is -0.401. The monoisotopic (exact) mass is 285 g/mol. The van der Waals surface area contributed by atoms with Crippen LogP contribution in [0.3, 0.4) is 0 Å². The smallest absolute Gasteiger partial charge is 0.127 e. The van der Waals surface area contributed by atoms with Gasteiger partial charge in [0, 0.05) is 19.3 Å². The first-order valence-corrected chi connectivity index (χ1v) is 7.97. The lowest BCUT2D eigenvalue weighted by molar-refractivity contribution is 0.369. The third-order valence-corrected chi connectivity index (χ3v) is 4.41. The molecule has 114 valence electrons. The second kappa shape index (κ2) is 6.49. The summed E-state index contributed by atoms with van der Waals surface area (Å²) in [5, 5.41) is 13.3. The van der Waals surface area contributed by atoms with Crippen LogP contribution in [-0.4, -0.2) is 25.7 Å². The number of rotatable bonds is 7. The normalized spacial score (nSPS) is 17.1. The number of nitrogens with one attached hydrogen (secondary N) is 1. The maximum atomic E-state index is 9.78. The molecule has 0 saturated heterocycles. The molecule has 0 amide bonds. The predicted octanol–water partition coefficient (Wildman–Crippen LogP) is 3.41. The molecule has 1 fully saturated rings. The molecule has 1 N–H and O–H groups in total. The fourth-order valence-corrected chi connectivity index (χ4v) is 3.11. The van der Waals surface area contributed by atoms with Gasteiger partial charge in [-0.1, -0.05) is 24.6 Å². The Kier molecular flexibility index (Phi) is 4.90. The van der Waals surface area contributed by atoms with Crippen molar-refractivity contribution < 1.29 is 0 Å². The number of hydrogen-bond donors (Lipinski definition) is 1. The van der Waals surface area contributed by atoms with Crippen LogP contribution in [-0.2, 0) is 0 Å². The van der Waals surface area contributed by atoms with Crippen LogP contribution < -0.4 is 10.2 Å². The van der Waals surface area contributed by atoms with Crippen LogP contribution in [0.5, 0.6) is 0 Å². The van der Waals surface area contributed by atoms with Crippen LogP contribution in [0.4, 0.5) is 5.69 Å². The van der Waals surface area contributed by atoms with Crippen LogP contribution in [0.2, 0.25) is 0 Å². The number of aryl methyl sites for hydroxylation is 2. The van der Waals surface area contributed by atoms with Crippen molar-refractivity contribution in [2.45, 2.75) is 45.6 Å². The van der Waals surface area contributed by atoms with E-state index in [0.29, 0.717) is 5.92 Å². The maximum absolute atomic E-state index is 9.78. The van der Waals surface area contributed by atoms with E-state index in [1.165, 1.54) is 29.7 Å². The molecule has 0 aliphatic heterocycles. The van der Waals surface area contributed by atoms with Crippen molar-refractivity contribution in [3.05, 3.63) is 29.3 Å². The zero-order valence-corrected chi connectivity index (χ0v) is 13.7. The number of anilines is 1. The Labute approximate surface area is 129 Å². The van der Waals surface area contributed by atoms with Gasteiger partial charge in [0.1, 0.15) is 5.54 Å². The average molecular weight is 285 g/mol. The van der Waals surface area contributed by atoms with E-state index >= 15 is 0 Å². The van der Waals surface area contributed by atoms with Gasteiger partial charge in [0.2, 0.25) is 0 Å². The van der Waals surface area contributed by atoms with E-state index in [9.17, 15) is 5.26 Å². The summed E-state index contributed by atoms with van der Waals surface area (Å²) in [7, 11) is 2.10. The summed E-state index contributed by atoms with van der Waals surface area (Å²) in [6.07, 6.45) is 3.40. The zero-order valence-electron chi connectivity index (χ0n) is 13.7. The molecule has 21 heavy (non-hydrogen) atoms. The number of benzene rings is 1. The Balaban J connectivity index is 2.17. The Morgan fingerprint density at radius 1 is 1.38 bits per heavy atom. The van der Waals surface area contributed by atoms with Crippen LogP contribution in [0, 0.1) is 31.1 Å². The van der Waals surface area contributed by atoms with Crippen molar-refractivity contribution in [1.82, 2.24) is 5.32 Å². The van der Waals surface area contributed by atoms with E-state index < -0.39 is 5.54 Å². The van der Waals surface area contributed by atoms with Crippen LogP contribution in [0.25, 0.3) is 0 Å². The predicted molar refractivity (Wildman–Crippen MR) is 88.5 cm³/mol. The molecule has 1 atom stereocenters. The second-order valence-electron chi connectivity index (χ2n) is 6.43. The summed E-state index contributed by atoms with van der Waals surface area (Å²) < 4.78 is 0. The van der Waals surface area contributed by atoms with Crippen LogP contribution in [0.15, 0.2) is 18.2 Å². The number of nitrogens with zero attached hydrogens (tertiary/aromatic N) is 2. The molecule has 1 unspecified atom stereocenters. The van der Waals surface area contributed by atoms with E-state index in [4.69, 9.17) is 0 Å². The van der Waals surface area contributed by atoms with Crippen molar-refractivity contribution >= 4 is 5.69 Å². The summed E-state index contributed by atoms with van der Waals surface area (Å²) in [6.45, 7) is 8.06. The summed E-state index contributed by atoms with van der Waals surface area (Å²) in [6, 6.07) is 9.10. The SMILES string of the molecule is CCCNC(C#N)(CN(C)c1ccc(C)cc1C)C1CC1. The minimum absolute atomic E-state index is 0.401. The van der Waals surface area contributed by atoms with Crippen molar-refractivity contribution in [1.29, 1.82) is 5.26 Å². The van der Waals surface area contributed by atoms with Crippen molar-refractivity contribution in [2.75, 3.05) is 25.0 Å². The highest BCUT2D eigenvalue weighted by molar-refractivity contribution is 5.54. The summed E-state index contributed by atoms with van der Waals surface area (Å²) in [5.74, 6) is 0.502. The molecule has 1 aromatic rings. The highest BCUT2D eigenvalue weighted by Crippen LogP contribution is 2.40. The minimum Gasteiger partial charge on any atom is -0.371 e. The molecule has 1 aliphatic carbocycles. The van der Waals surface area contributed by atoms with Crippen LogP contribution in [0.1, 0.15) is 37.3 Å². The van der Waals surface area contributed by atoms with Gasteiger partial charge in [0.05, 0.1) is 6.07 Å². The fraction of sp³-hybridized carbons (Fsp3) is 0.611. The second-order valence-corrected chi connectivity index (χ2v) is 6.43. The van der Waals surface area contributed by atoms with Gasteiger partial charge >= 0.3 is 0 Å². The molecule has 0 bridgehead atoms. The Morgan fingerprint density at radius 2 is 2.10 bits per heavy atom. The Bertz CT molecular complexity index is 528. The third-order valence-electron chi connectivity index (χ3n) is 4.41. The third kappa shape index (κ3) is 3.57. The summed E-state index contributed by atoms with van der Waals surface area (Å²) in [5.41, 5.74) is 3.37. The van der Waals surface area contributed by atoms with E-state index in [-0.39, 0.29) is 0 Å². The summed E-state index contributed by atoms with van der Waals surface area (Å²) >= 11 is 0. The molecule has 2 rings (SSSR count). The molecule has 3 nitrogen and oxygen atoms in total. The average Bonchev–Trinajstić information content (AvgIpc) is 3.28. The van der Waals surface area contributed by atoms with Gasteiger partial charge in [-0.2, -0.15) is 5.26 Å². The Morgan fingerprint density at radius 3 is 2.62 bits per heavy atom. The lowest BCUT2D eigenvalue weighted by atomic mass is 9.93. The molecular formula is C18H27N3. The van der Waals surface area contributed by atoms with Gasteiger partial charge in [-0.3, -0.25) is 5.32 Å². The van der Waals surface area contributed by atoms with Gasteiger partial charge in [-0.25, -0.2) is 0 Å². The molecule has 3 heteroatoms. The molecule has 0 heterocycles. The van der Waals surface area contributed by atoms with E-state index in [0.717, 1.165) is 19.5 Å². The van der Waals surface area contributed by atoms with Gasteiger partial charge in [0.15, 0.2) is 0 Å². The number of nitriles is 1. The topological polar surface area (TPSA) is 39.1 Å². The van der Waals surface area contributed by atoms with Gasteiger partial charge < -0.3 is 4.90 Å². The number of hydrogen-bond acceptors (Lipinski definition) is 3. The zero-order chi connectivity index (χ0) is 15.5. The van der Waals surface area contributed by atoms with Gasteiger partial charge in [-0.15, -0.1) is 0 Å². The number of likely N-dealkylation sites (N-methyl/N-ethyl adjacent to an activating group) is 1. The first kappa shape index (κ1) is 15.9. The fourth-order valence-electron chi connectivity index (χ4n) is 3.11. The Hall–Kier alpha value is -1.53. The van der Waals surface area contributed by atoms with Crippen molar-refractivity contribution in [3.8, 4) is 6.07 Å². The largest absolute Gasteiger partial charge is 0.371 e. The van der Waals surface area contributed by atoms with E-state index in [1.807, 2.05) is 0 Å². The molecule has 1 saturated carbocycles. The highest BCUT2D eigenvalue weighted by Gasteiger charge is 2.46. The molecule has 0 aromatic heterocycles. The summed E-state index contributed by atoms with van der Waals surface area (Å²) in [4.78, 5) is 2.24. The van der Waals surface area contributed by atoms with Gasteiger partial charge in [0.25, 0.3) is 0 Å². The molecule has 1 aliphatic rings. The van der Waals surface area contributed by atoms with Crippen molar-refractivity contribution in [3.63, 3.8) is 0 Å². The lowest BCUT2D eigenvalue weighted by Gasteiger charge is -2.34. The van der Waals surface area contributed by atoms with E-state index in [2.05, 4.69) is 62.3 Å². The molecule has 0 spiro atoms. The lowest BCUT2D eigenvalue weighted by Crippen LogP contribution is -2.54.